The smallest absolute Gasteiger partial charge is 0.416 e. The maximum Gasteiger partial charge on any atom is 0.416 e. The standard InChI is InChI=1S/C30H25F3N6O3.C6H6O3S/c1-19-25(27(40)42-2)26(24-12-11-20(18-34)16-21(24)8-7-15-37-13-4-3-5-14-37)39-28(35-36-29(39)41)38(19)23-10-6-9-22(17-23)30(31,32)33;7-10(8,9)6-4-2-1-3-5-6/h3-6,9-14,16-17,26H,7-8,15H2,1-2H3;1-5H,(H,7,8,9)/t26-;/m1./s1. The summed E-state index contributed by atoms with van der Waals surface area (Å²) in [4.78, 5) is 27.7. The molecule has 12 nitrogen and oxygen atoms in total. The molecule has 5 aromatic rings. The number of benzene rings is 3. The molecule has 6 rings (SSSR count). The van der Waals surface area contributed by atoms with Crippen LogP contribution < -0.4 is 15.2 Å². The summed E-state index contributed by atoms with van der Waals surface area (Å²) in [7, 11) is -3.06. The van der Waals surface area contributed by atoms with Crippen LogP contribution in [0.1, 0.15) is 41.6 Å². The number of nitrogens with one attached hydrogen (secondary N) is 1. The number of H-pyrrole nitrogens is 1. The Balaban J connectivity index is 0.000000452. The fraction of sp³-hybridized carbons (Fsp3) is 0.194. The number of halogens is 3. The first-order chi connectivity index (χ1) is 24.7. The number of pyridine rings is 1. The predicted octanol–water partition coefficient (Wildman–Crippen LogP) is 5.16. The molecule has 0 unspecified atom stereocenters. The normalized spacial score (nSPS) is 14.2. The zero-order chi connectivity index (χ0) is 37.6. The van der Waals surface area contributed by atoms with Crippen LogP contribution in [0.2, 0.25) is 0 Å². The number of anilines is 2. The number of esters is 1. The summed E-state index contributed by atoms with van der Waals surface area (Å²) in [6.07, 6.45) is 0.459. The molecule has 0 bridgehead atoms. The molecule has 3 aromatic carbocycles. The summed E-state index contributed by atoms with van der Waals surface area (Å²) in [6, 6.07) is 23.6. The highest BCUT2D eigenvalue weighted by atomic mass is 32.2. The van der Waals surface area contributed by atoms with Crippen LogP contribution >= 0.6 is 0 Å². The number of nitriles is 1. The molecule has 0 spiro atoms. The van der Waals surface area contributed by atoms with Gasteiger partial charge in [-0.2, -0.15) is 18.4 Å². The highest BCUT2D eigenvalue weighted by Gasteiger charge is 2.41. The van der Waals surface area contributed by atoms with E-state index in [1.807, 2.05) is 35.2 Å². The molecule has 1 atom stereocenters. The van der Waals surface area contributed by atoms with Gasteiger partial charge in [0.05, 0.1) is 34.8 Å². The summed E-state index contributed by atoms with van der Waals surface area (Å²) in [5, 5.41) is 16.1. The van der Waals surface area contributed by atoms with Gasteiger partial charge >= 0.3 is 17.8 Å². The maximum atomic E-state index is 13.6. The van der Waals surface area contributed by atoms with Crippen molar-refractivity contribution in [2.24, 2.45) is 0 Å². The Morgan fingerprint density at radius 2 is 1.73 bits per heavy atom. The van der Waals surface area contributed by atoms with Crippen molar-refractivity contribution in [3.63, 3.8) is 0 Å². The van der Waals surface area contributed by atoms with Gasteiger partial charge in [-0.1, -0.05) is 36.4 Å². The van der Waals surface area contributed by atoms with Gasteiger partial charge in [-0.25, -0.2) is 32.2 Å². The number of carbonyl (C=O) groups excluding carboxylic acids is 1. The van der Waals surface area contributed by atoms with E-state index in [-0.39, 0.29) is 27.8 Å². The summed E-state index contributed by atoms with van der Waals surface area (Å²) >= 11 is 0. The summed E-state index contributed by atoms with van der Waals surface area (Å²) < 4.78 is 80.0. The van der Waals surface area contributed by atoms with E-state index in [0.29, 0.717) is 30.5 Å². The van der Waals surface area contributed by atoms with Crippen molar-refractivity contribution in [2.45, 2.75) is 43.4 Å². The third kappa shape index (κ3) is 8.12. The molecule has 1 N–H and O–H groups in total. The van der Waals surface area contributed by atoms with E-state index in [4.69, 9.17) is 4.74 Å². The number of hydrogen-bond acceptors (Lipinski definition) is 9. The highest BCUT2D eigenvalue weighted by molar-refractivity contribution is 7.85. The molecule has 0 saturated carbocycles. The number of alkyl halides is 3. The molecule has 1 aliphatic heterocycles. The molecule has 2 aromatic heterocycles. The minimum atomic E-state index is -4.61. The monoisotopic (exact) mass is 732 g/mol. The van der Waals surface area contributed by atoms with Crippen molar-refractivity contribution in [1.82, 2.24) is 14.8 Å². The van der Waals surface area contributed by atoms with Crippen LogP contribution in [0.5, 0.6) is 0 Å². The van der Waals surface area contributed by atoms with E-state index in [1.54, 1.807) is 31.2 Å². The molecular formula is C36H31F3N6O6S. The molecule has 268 valence electrons. The van der Waals surface area contributed by atoms with Crippen LogP contribution in [-0.2, 0) is 38.8 Å². The SMILES string of the molecule is COC(=O)C1=C(C)N(c2cccc(C(F)(F)F)c2)c2n[nH]c(=O)n2[C@@H]1c1ccc(C#N)cc1CCC[n+]1ccccc1.O=S(=O)([O-])c1ccccc1. The lowest BCUT2D eigenvalue weighted by Crippen LogP contribution is -2.38. The van der Waals surface area contributed by atoms with Crippen LogP contribution in [0.3, 0.4) is 0 Å². The number of rotatable bonds is 8. The average Bonchev–Trinajstić information content (AvgIpc) is 3.51. The molecular weight excluding hydrogens is 701 g/mol. The zero-order valence-electron chi connectivity index (χ0n) is 27.7. The second-order valence-electron chi connectivity index (χ2n) is 11.5. The van der Waals surface area contributed by atoms with Crippen molar-refractivity contribution in [3.05, 3.63) is 147 Å². The first kappa shape index (κ1) is 37.2. The van der Waals surface area contributed by atoms with E-state index in [9.17, 15) is 41.0 Å². The Morgan fingerprint density at radius 1 is 1.04 bits per heavy atom. The van der Waals surface area contributed by atoms with Gasteiger partial charge in [-0.15, -0.1) is 5.10 Å². The van der Waals surface area contributed by atoms with Crippen molar-refractivity contribution < 1.29 is 40.2 Å². The number of carbonyl (C=O) groups is 1. The van der Waals surface area contributed by atoms with Crippen LogP contribution in [-0.4, -0.2) is 40.8 Å². The van der Waals surface area contributed by atoms with Crippen LogP contribution in [0, 0.1) is 11.3 Å². The second-order valence-corrected chi connectivity index (χ2v) is 12.9. The van der Waals surface area contributed by atoms with Crippen molar-refractivity contribution in [1.29, 1.82) is 5.26 Å². The summed E-state index contributed by atoms with van der Waals surface area (Å²) in [5.74, 6) is -0.756. The predicted molar refractivity (Wildman–Crippen MR) is 180 cm³/mol. The van der Waals surface area contributed by atoms with Gasteiger partial charge in [-0.3, -0.25) is 4.90 Å². The Labute approximate surface area is 296 Å². The number of aromatic nitrogens is 4. The van der Waals surface area contributed by atoms with Crippen molar-refractivity contribution in [3.8, 4) is 6.07 Å². The lowest BCUT2D eigenvalue weighted by Gasteiger charge is -2.36. The number of aryl methyl sites for hydroxylation is 2. The third-order valence-electron chi connectivity index (χ3n) is 8.22. The maximum absolute atomic E-state index is 13.6. The van der Waals surface area contributed by atoms with Gasteiger partial charge in [-0.05, 0) is 66.9 Å². The number of fused-ring (bicyclic) bond motifs is 1. The van der Waals surface area contributed by atoms with Gasteiger partial charge in [0.15, 0.2) is 12.4 Å². The number of ether oxygens (including phenoxy) is 1. The molecule has 0 amide bonds. The lowest BCUT2D eigenvalue weighted by molar-refractivity contribution is -0.697. The minimum Gasteiger partial charge on any atom is -0.744 e. The van der Waals surface area contributed by atoms with Gasteiger partial charge < -0.3 is 9.29 Å². The Bertz CT molecular complexity index is 2320. The van der Waals surface area contributed by atoms with Gasteiger partial charge in [0.25, 0.3) is 0 Å². The quantitative estimate of drug-likeness (QED) is 0.129. The summed E-state index contributed by atoms with van der Waals surface area (Å²) in [6.45, 7) is 2.25. The molecule has 0 radical (unpaired) electrons. The van der Waals surface area contributed by atoms with Crippen LogP contribution in [0.4, 0.5) is 24.8 Å². The second kappa shape index (κ2) is 15.5. The molecule has 52 heavy (non-hydrogen) atoms. The first-order valence-electron chi connectivity index (χ1n) is 15.7. The Kier molecular flexibility index (Phi) is 11.1. The molecule has 0 saturated heterocycles. The van der Waals surface area contributed by atoms with E-state index >= 15 is 0 Å². The van der Waals surface area contributed by atoms with E-state index < -0.39 is 39.6 Å². The Hall–Kier alpha value is -6.05. The van der Waals surface area contributed by atoms with Crippen molar-refractivity contribution >= 4 is 27.7 Å². The van der Waals surface area contributed by atoms with Crippen LogP contribution in [0.15, 0.2) is 124 Å². The highest BCUT2D eigenvalue weighted by Crippen LogP contribution is 2.43. The number of nitrogens with zero attached hydrogens (tertiary/aromatic N) is 5. The number of aromatic amines is 1. The van der Waals surface area contributed by atoms with E-state index in [0.717, 1.165) is 17.7 Å². The van der Waals surface area contributed by atoms with Gasteiger partial charge in [0.2, 0.25) is 5.95 Å². The average molecular weight is 733 g/mol. The first-order valence-corrected chi connectivity index (χ1v) is 17.1. The van der Waals surface area contributed by atoms with Crippen molar-refractivity contribution in [2.75, 3.05) is 12.0 Å². The summed E-state index contributed by atoms with van der Waals surface area (Å²) in [5.41, 5.74) is 0.490. The molecule has 16 heteroatoms. The fourth-order valence-electron chi connectivity index (χ4n) is 5.86. The van der Waals surface area contributed by atoms with Gasteiger partial charge in [0.1, 0.15) is 22.7 Å². The van der Waals surface area contributed by atoms with Crippen LogP contribution in [0.25, 0.3) is 0 Å². The molecule has 3 heterocycles. The van der Waals surface area contributed by atoms with E-state index in [2.05, 4.69) is 16.3 Å². The van der Waals surface area contributed by atoms with E-state index in [1.165, 1.54) is 53.0 Å². The number of hydrogen-bond donors (Lipinski definition) is 1. The number of allylic oxidation sites excluding steroid dienone is 1. The number of methoxy groups -OCH3 is 1. The topological polar surface area (TPSA) is 165 Å². The minimum absolute atomic E-state index is 0.00429. The largest absolute Gasteiger partial charge is 0.744 e. The fourth-order valence-corrected chi connectivity index (χ4v) is 6.35. The Morgan fingerprint density at radius 3 is 2.35 bits per heavy atom. The molecule has 1 aliphatic rings. The third-order valence-corrected chi connectivity index (χ3v) is 9.07. The molecule has 0 fully saturated rings. The molecule has 0 aliphatic carbocycles. The zero-order valence-corrected chi connectivity index (χ0v) is 28.6. The van der Waals surface area contributed by atoms with Gasteiger partial charge in [0, 0.05) is 29.9 Å². The lowest BCUT2D eigenvalue weighted by atomic mass is 9.88.